The molecule has 0 spiro atoms. The third-order valence-corrected chi connectivity index (χ3v) is 5.90. The Kier molecular flexibility index (Phi) is 4.77. The number of hydrogen-bond donors (Lipinski definition) is 0. The summed E-state index contributed by atoms with van der Waals surface area (Å²) in [7, 11) is 0. The molecule has 0 N–H and O–H groups in total. The quantitative estimate of drug-likeness (QED) is 0.642. The first kappa shape index (κ1) is 17.6. The lowest BCUT2D eigenvalue weighted by Gasteiger charge is -2.22. The van der Waals surface area contributed by atoms with Gasteiger partial charge in [-0.05, 0) is 31.4 Å². The van der Waals surface area contributed by atoms with E-state index in [0.717, 1.165) is 24.3 Å². The second-order valence-electron chi connectivity index (χ2n) is 6.47. The smallest absolute Gasteiger partial charge is 0.275 e. The van der Waals surface area contributed by atoms with Crippen molar-refractivity contribution in [2.45, 2.75) is 45.3 Å². The molecule has 3 aromatic rings. The Morgan fingerprint density at radius 1 is 1.38 bits per heavy atom. The minimum absolute atomic E-state index is 0.180. The van der Waals surface area contributed by atoms with Crippen LogP contribution in [-0.2, 0) is 19.5 Å². The Balaban J connectivity index is 1.63. The van der Waals surface area contributed by atoms with Crippen LogP contribution in [0.1, 0.15) is 36.0 Å². The molecule has 2 aromatic heterocycles. The summed E-state index contributed by atoms with van der Waals surface area (Å²) in [4.78, 5) is 19.7. The van der Waals surface area contributed by atoms with Crippen molar-refractivity contribution in [2.75, 3.05) is 0 Å². The maximum atomic E-state index is 14.2. The average Bonchev–Trinajstić information content (AvgIpc) is 3.36. The first-order chi connectivity index (χ1) is 12.5. The number of fused-ring (bicyclic) bond motifs is 1. The monoisotopic (exact) mass is 392 g/mol. The Morgan fingerprint density at radius 3 is 2.88 bits per heavy atom. The molecule has 1 aliphatic rings. The number of aromatic nitrogens is 3. The Hall–Kier alpha value is -1.83. The summed E-state index contributed by atoms with van der Waals surface area (Å²) in [5, 5.41) is 5.57. The van der Waals surface area contributed by atoms with Crippen LogP contribution in [0.15, 0.2) is 29.1 Å². The van der Waals surface area contributed by atoms with E-state index in [1.54, 1.807) is 12.1 Å². The Morgan fingerprint density at radius 2 is 2.19 bits per heavy atom. The molecular formula is C18H18ClFN4OS. The fourth-order valence-corrected chi connectivity index (χ4v) is 4.05. The normalized spacial score (nSPS) is 14.5. The molecule has 0 saturated heterocycles. The molecule has 26 heavy (non-hydrogen) atoms. The second kappa shape index (κ2) is 7.06. The van der Waals surface area contributed by atoms with E-state index in [2.05, 4.69) is 15.0 Å². The van der Waals surface area contributed by atoms with Crippen molar-refractivity contribution in [2.24, 2.45) is 0 Å². The minimum atomic E-state index is -0.304. The van der Waals surface area contributed by atoms with Gasteiger partial charge in [-0.3, -0.25) is 9.69 Å². The number of aryl methyl sites for hydroxylation is 1. The summed E-state index contributed by atoms with van der Waals surface area (Å²) in [5.74, 6) is -0.304. The zero-order valence-electron chi connectivity index (χ0n) is 14.3. The van der Waals surface area contributed by atoms with Crippen LogP contribution in [0.4, 0.5) is 4.39 Å². The molecule has 2 heterocycles. The van der Waals surface area contributed by atoms with Gasteiger partial charge in [0.1, 0.15) is 10.8 Å². The van der Waals surface area contributed by atoms with E-state index in [9.17, 15) is 9.18 Å². The van der Waals surface area contributed by atoms with Crippen LogP contribution in [0.25, 0.3) is 4.96 Å². The largest absolute Gasteiger partial charge is 0.290 e. The molecule has 1 fully saturated rings. The van der Waals surface area contributed by atoms with Crippen molar-refractivity contribution < 1.29 is 4.39 Å². The van der Waals surface area contributed by atoms with Crippen LogP contribution >= 0.6 is 22.9 Å². The van der Waals surface area contributed by atoms with Gasteiger partial charge in [-0.1, -0.05) is 35.9 Å². The van der Waals surface area contributed by atoms with Gasteiger partial charge in [0.2, 0.25) is 4.96 Å². The summed E-state index contributed by atoms with van der Waals surface area (Å²) >= 11 is 7.61. The summed E-state index contributed by atoms with van der Waals surface area (Å²) in [5.41, 5.74) is 0.992. The number of halogens is 2. The maximum Gasteiger partial charge on any atom is 0.275 e. The predicted octanol–water partition coefficient (Wildman–Crippen LogP) is 3.67. The van der Waals surface area contributed by atoms with Gasteiger partial charge in [0.15, 0.2) is 0 Å². The molecule has 1 aliphatic carbocycles. The molecule has 1 aromatic carbocycles. The van der Waals surface area contributed by atoms with Gasteiger partial charge >= 0.3 is 0 Å². The summed E-state index contributed by atoms with van der Waals surface area (Å²) in [6.45, 7) is 2.89. The maximum absolute atomic E-state index is 14.2. The first-order valence-corrected chi connectivity index (χ1v) is 9.80. The molecule has 136 valence electrons. The van der Waals surface area contributed by atoms with E-state index in [0.29, 0.717) is 40.4 Å². The lowest BCUT2D eigenvalue weighted by molar-refractivity contribution is 0.239. The molecule has 0 unspecified atom stereocenters. The molecular weight excluding hydrogens is 375 g/mol. The summed E-state index contributed by atoms with van der Waals surface area (Å²) < 4.78 is 15.5. The molecule has 4 rings (SSSR count). The van der Waals surface area contributed by atoms with E-state index in [-0.39, 0.29) is 11.4 Å². The second-order valence-corrected chi connectivity index (χ2v) is 7.91. The predicted molar refractivity (Wildman–Crippen MR) is 100 cm³/mol. The third kappa shape index (κ3) is 3.51. The van der Waals surface area contributed by atoms with E-state index in [4.69, 9.17) is 11.6 Å². The number of hydrogen-bond acceptors (Lipinski definition) is 5. The van der Waals surface area contributed by atoms with Crippen LogP contribution in [0.2, 0.25) is 5.02 Å². The molecule has 0 bridgehead atoms. The number of nitrogens with zero attached hydrogens (tertiary/aromatic N) is 4. The molecule has 5 nitrogen and oxygen atoms in total. The molecule has 0 amide bonds. The van der Waals surface area contributed by atoms with Crippen LogP contribution in [0, 0.1) is 5.82 Å². The highest BCUT2D eigenvalue weighted by atomic mass is 35.5. The van der Waals surface area contributed by atoms with E-state index < -0.39 is 0 Å². The van der Waals surface area contributed by atoms with Gasteiger partial charge in [-0.15, -0.1) is 0 Å². The molecule has 0 atom stereocenters. The lowest BCUT2D eigenvalue weighted by atomic mass is 10.2. The topological polar surface area (TPSA) is 50.5 Å². The fourth-order valence-electron chi connectivity index (χ4n) is 2.97. The van der Waals surface area contributed by atoms with Crippen molar-refractivity contribution >= 4 is 27.9 Å². The van der Waals surface area contributed by atoms with E-state index in [1.165, 1.54) is 28.0 Å². The highest BCUT2D eigenvalue weighted by molar-refractivity contribution is 7.16. The van der Waals surface area contributed by atoms with Crippen molar-refractivity contribution in [3.8, 4) is 0 Å². The van der Waals surface area contributed by atoms with Gasteiger partial charge < -0.3 is 0 Å². The van der Waals surface area contributed by atoms with E-state index in [1.807, 2.05) is 6.92 Å². The van der Waals surface area contributed by atoms with Crippen LogP contribution in [0.3, 0.4) is 0 Å². The highest BCUT2D eigenvalue weighted by Gasteiger charge is 2.30. The fraction of sp³-hybridized carbons (Fsp3) is 0.389. The van der Waals surface area contributed by atoms with Crippen LogP contribution in [-0.4, -0.2) is 25.5 Å². The summed E-state index contributed by atoms with van der Waals surface area (Å²) in [6.07, 6.45) is 2.89. The van der Waals surface area contributed by atoms with Crippen molar-refractivity contribution in [1.29, 1.82) is 0 Å². The lowest BCUT2D eigenvalue weighted by Crippen LogP contribution is -2.27. The summed E-state index contributed by atoms with van der Waals surface area (Å²) in [6, 6.07) is 6.62. The van der Waals surface area contributed by atoms with Crippen molar-refractivity contribution in [1.82, 2.24) is 19.5 Å². The van der Waals surface area contributed by atoms with Crippen LogP contribution in [0.5, 0.6) is 0 Å². The van der Waals surface area contributed by atoms with Gasteiger partial charge in [0, 0.05) is 35.8 Å². The minimum Gasteiger partial charge on any atom is -0.290 e. The average molecular weight is 393 g/mol. The van der Waals surface area contributed by atoms with E-state index >= 15 is 0 Å². The van der Waals surface area contributed by atoms with Crippen LogP contribution < -0.4 is 5.56 Å². The number of rotatable bonds is 6. The van der Waals surface area contributed by atoms with Crippen molar-refractivity contribution in [3.63, 3.8) is 0 Å². The van der Waals surface area contributed by atoms with Gasteiger partial charge in [0.05, 0.1) is 5.69 Å². The molecule has 0 radical (unpaired) electrons. The highest BCUT2D eigenvalue weighted by Crippen LogP contribution is 2.31. The van der Waals surface area contributed by atoms with Crippen molar-refractivity contribution in [3.05, 3.63) is 61.7 Å². The standard InChI is InChI=1S/C18H18ClFN4OS/c1-2-16-22-24-17(25)8-11(21-18(24)26-16)9-23(12-6-7-12)10-13-14(19)4-3-5-15(13)20/h3-5,8,12H,2,6-7,9-10H2,1H3. The third-order valence-electron chi connectivity index (χ3n) is 4.49. The number of benzene rings is 1. The molecule has 0 aliphatic heterocycles. The first-order valence-electron chi connectivity index (χ1n) is 8.60. The van der Waals surface area contributed by atoms with Gasteiger partial charge in [-0.25, -0.2) is 9.37 Å². The SMILES string of the molecule is CCc1nn2c(=O)cc(CN(Cc3c(F)cccc3Cl)C3CC3)nc2s1. The Bertz CT molecular complexity index is 994. The van der Waals surface area contributed by atoms with Gasteiger partial charge in [0.25, 0.3) is 5.56 Å². The van der Waals surface area contributed by atoms with Gasteiger partial charge in [-0.2, -0.15) is 9.61 Å². The zero-order valence-corrected chi connectivity index (χ0v) is 15.9. The zero-order chi connectivity index (χ0) is 18.3. The Labute approximate surface area is 159 Å². The molecule has 1 saturated carbocycles. The molecule has 8 heteroatoms.